The summed E-state index contributed by atoms with van der Waals surface area (Å²) < 4.78 is 36.1. The molecule has 0 bridgehead atoms. The number of ether oxygens (including phenoxy) is 1. The molecule has 2 N–H and O–H groups in total. The van der Waals surface area contributed by atoms with Crippen LogP contribution in [0.25, 0.3) is 11.4 Å². The quantitative estimate of drug-likeness (QED) is 0.420. The first-order chi connectivity index (χ1) is 17.6. The predicted molar refractivity (Wildman–Crippen MR) is 146 cm³/mol. The highest BCUT2D eigenvalue weighted by atomic mass is 32.2. The molecule has 206 valence electrons. The summed E-state index contributed by atoms with van der Waals surface area (Å²) in [5, 5.41) is 15.7. The Bertz CT molecular complexity index is 1200. The number of nitrogens with one attached hydrogen (secondary N) is 1. The van der Waals surface area contributed by atoms with Crippen molar-refractivity contribution in [2.45, 2.75) is 77.7 Å². The molecule has 1 atom stereocenters. The average Bonchev–Trinajstić information content (AvgIpc) is 3.52. The second kappa shape index (κ2) is 13.5. The van der Waals surface area contributed by atoms with Crippen LogP contribution in [-0.4, -0.2) is 68.3 Å². The van der Waals surface area contributed by atoms with Gasteiger partial charge in [0.1, 0.15) is 5.82 Å². The second-order valence-electron chi connectivity index (χ2n) is 9.01. The van der Waals surface area contributed by atoms with E-state index in [-0.39, 0.29) is 25.4 Å². The van der Waals surface area contributed by atoms with Gasteiger partial charge in [-0.15, -0.1) is 10.2 Å². The zero-order valence-electron chi connectivity index (χ0n) is 22.7. The van der Waals surface area contributed by atoms with E-state index in [1.54, 1.807) is 58.7 Å². The molecular weight excluding hydrogens is 494 g/mol. The maximum Gasteiger partial charge on any atom is 0.239 e. The van der Waals surface area contributed by atoms with Crippen LogP contribution in [-0.2, 0) is 26.7 Å². The molecule has 0 aromatic carbocycles. The second-order valence-corrected chi connectivity index (χ2v) is 11.1. The van der Waals surface area contributed by atoms with E-state index in [0.29, 0.717) is 18.3 Å². The normalized spacial score (nSPS) is 14.6. The lowest BCUT2D eigenvalue weighted by atomic mass is 10.2. The van der Waals surface area contributed by atoms with Crippen molar-refractivity contribution in [1.29, 1.82) is 0 Å². The van der Waals surface area contributed by atoms with Gasteiger partial charge in [-0.05, 0) is 58.2 Å². The minimum Gasteiger partial charge on any atom is -0.394 e. The standard InChI is InChI=1S/C20H25N7O3S.C3H8O.C2H6.H2/c1-14-10-22-17(23-11-14)9-15(2)31(28,29)26-19-25-24-18(16-5-4-8-21-12-16)27(19)20(6-7-20)13-30-3;1-3(2)4;1-2;/h4-5,8,10-12,15H,6-7,9,13H2,1-3H3,(H,25,26);3-4H,1-2H3;1-2H3;1H/t15-;;;/m0.../s1. The van der Waals surface area contributed by atoms with Crippen molar-refractivity contribution in [3.63, 3.8) is 0 Å². The highest BCUT2D eigenvalue weighted by Gasteiger charge is 2.48. The number of hydrogen-bond acceptors (Lipinski definition) is 9. The van der Waals surface area contributed by atoms with E-state index in [9.17, 15) is 8.42 Å². The third-order valence-corrected chi connectivity index (χ3v) is 7.06. The van der Waals surface area contributed by atoms with Crippen molar-refractivity contribution >= 4 is 16.0 Å². The van der Waals surface area contributed by atoms with Crippen LogP contribution in [0.2, 0.25) is 0 Å². The van der Waals surface area contributed by atoms with Gasteiger partial charge in [-0.25, -0.2) is 18.4 Å². The molecule has 0 amide bonds. The van der Waals surface area contributed by atoms with E-state index in [1.165, 1.54) is 0 Å². The van der Waals surface area contributed by atoms with Crippen molar-refractivity contribution in [1.82, 2.24) is 29.7 Å². The molecule has 0 radical (unpaired) electrons. The lowest BCUT2D eigenvalue weighted by Gasteiger charge is -2.22. The number of pyridine rings is 1. The highest BCUT2D eigenvalue weighted by Crippen LogP contribution is 2.47. The fraction of sp³-hybridized carbons (Fsp3) is 0.560. The van der Waals surface area contributed by atoms with Crippen LogP contribution in [0.5, 0.6) is 0 Å². The average molecular weight is 536 g/mol. The van der Waals surface area contributed by atoms with E-state index in [1.807, 2.05) is 31.4 Å². The molecule has 1 aliphatic carbocycles. The summed E-state index contributed by atoms with van der Waals surface area (Å²) in [7, 11) is -2.14. The van der Waals surface area contributed by atoms with Gasteiger partial charge >= 0.3 is 0 Å². The van der Waals surface area contributed by atoms with Crippen LogP contribution in [0.1, 0.15) is 60.3 Å². The number of aromatic nitrogens is 6. The van der Waals surface area contributed by atoms with Crippen LogP contribution in [0.15, 0.2) is 36.9 Å². The molecule has 0 saturated heterocycles. The number of sulfonamides is 1. The molecule has 3 aromatic rings. The third kappa shape index (κ3) is 8.27. The number of nitrogens with zero attached hydrogens (tertiary/aromatic N) is 6. The Morgan fingerprint density at radius 3 is 2.30 bits per heavy atom. The van der Waals surface area contributed by atoms with Crippen LogP contribution in [0.3, 0.4) is 0 Å². The summed E-state index contributed by atoms with van der Waals surface area (Å²) in [6.45, 7) is 11.4. The molecule has 3 heterocycles. The van der Waals surface area contributed by atoms with E-state index >= 15 is 0 Å². The van der Waals surface area contributed by atoms with E-state index in [2.05, 4.69) is 29.9 Å². The van der Waals surface area contributed by atoms with E-state index in [0.717, 1.165) is 24.0 Å². The largest absolute Gasteiger partial charge is 0.394 e. The zero-order chi connectivity index (χ0) is 27.6. The lowest BCUT2D eigenvalue weighted by Crippen LogP contribution is -2.32. The molecule has 4 rings (SSSR count). The lowest BCUT2D eigenvalue weighted by molar-refractivity contribution is 0.145. The molecule has 12 heteroatoms. The molecular formula is C25H41N7O4S. The number of aryl methyl sites for hydroxylation is 1. The van der Waals surface area contributed by atoms with Gasteiger partial charge in [-0.2, -0.15) is 0 Å². The SMILES string of the molecule is CC.CC(C)O.COCC1(n2c(NS(=O)(=O)[C@@H](C)Cc3ncc(C)cn3)nnc2-c2cccnc2)CC1.[HH]. The molecule has 37 heavy (non-hydrogen) atoms. The summed E-state index contributed by atoms with van der Waals surface area (Å²) in [5.74, 6) is 1.19. The molecule has 11 nitrogen and oxygen atoms in total. The van der Waals surface area contributed by atoms with Crippen LogP contribution < -0.4 is 4.72 Å². The van der Waals surface area contributed by atoms with Gasteiger partial charge in [0.05, 0.1) is 17.4 Å². The minimum atomic E-state index is -3.77. The van der Waals surface area contributed by atoms with Gasteiger partial charge in [0.15, 0.2) is 5.82 Å². The Hall–Kier alpha value is -2.96. The number of aliphatic hydroxyl groups excluding tert-OH is 1. The first-order valence-electron chi connectivity index (χ1n) is 12.4. The zero-order valence-corrected chi connectivity index (χ0v) is 23.5. The van der Waals surface area contributed by atoms with Gasteiger partial charge in [0.2, 0.25) is 16.0 Å². The monoisotopic (exact) mass is 535 g/mol. The maximum absolute atomic E-state index is 13.1. The Kier molecular flexibility index (Phi) is 11.1. The van der Waals surface area contributed by atoms with Gasteiger partial charge in [-0.1, -0.05) is 13.8 Å². The number of anilines is 1. The number of aliphatic hydroxyl groups is 1. The first-order valence-corrected chi connectivity index (χ1v) is 13.9. The Balaban J connectivity index is 0.000000945. The van der Waals surface area contributed by atoms with Crippen LogP contribution in [0, 0.1) is 6.92 Å². The smallest absolute Gasteiger partial charge is 0.239 e. The van der Waals surface area contributed by atoms with Crippen molar-refractivity contribution in [2.75, 3.05) is 18.4 Å². The number of rotatable bonds is 9. The first kappa shape index (κ1) is 30.3. The molecule has 1 aliphatic rings. The fourth-order valence-corrected chi connectivity index (χ4v) is 4.40. The van der Waals surface area contributed by atoms with Crippen LogP contribution in [0.4, 0.5) is 5.95 Å². The summed E-state index contributed by atoms with van der Waals surface area (Å²) in [6.07, 6.45) is 8.40. The molecule has 3 aromatic heterocycles. The molecule has 0 aliphatic heterocycles. The number of hydrogen-bond donors (Lipinski definition) is 2. The molecule has 1 saturated carbocycles. The van der Waals surface area contributed by atoms with Gasteiger partial charge in [0.25, 0.3) is 0 Å². The van der Waals surface area contributed by atoms with Crippen molar-refractivity contribution in [2.24, 2.45) is 0 Å². The van der Waals surface area contributed by atoms with Crippen molar-refractivity contribution in [3.05, 3.63) is 48.3 Å². The third-order valence-electron chi connectivity index (χ3n) is 5.37. The molecule has 0 unspecified atom stereocenters. The van der Waals surface area contributed by atoms with Crippen molar-refractivity contribution < 1.29 is 19.7 Å². The van der Waals surface area contributed by atoms with Gasteiger partial charge < -0.3 is 9.84 Å². The Labute approximate surface area is 221 Å². The van der Waals surface area contributed by atoms with E-state index in [4.69, 9.17) is 9.84 Å². The molecule has 0 spiro atoms. The summed E-state index contributed by atoms with van der Waals surface area (Å²) >= 11 is 0. The fourth-order valence-electron chi connectivity index (χ4n) is 3.45. The van der Waals surface area contributed by atoms with Crippen molar-refractivity contribution in [3.8, 4) is 11.4 Å². The van der Waals surface area contributed by atoms with Gasteiger partial charge in [0, 0.05) is 51.4 Å². The van der Waals surface area contributed by atoms with Gasteiger partial charge in [-0.3, -0.25) is 14.3 Å². The highest BCUT2D eigenvalue weighted by molar-refractivity contribution is 7.93. The van der Waals surface area contributed by atoms with Crippen LogP contribution >= 0.6 is 0 Å². The van der Waals surface area contributed by atoms with E-state index < -0.39 is 15.3 Å². The Morgan fingerprint density at radius 2 is 1.78 bits per heavy atom. The number of methoxy groups -OCH3 is 1. The molecule has 1 fully saturated rings. The summed E-state index contributed by atoms with van der Waals surface area (Å²) in [6, 6.07) is 3.67. The minimum absolute atomic E-state index is 0. The summed E-state index contributed by atoms with van der Waals surface area (Å²) in [4.78, 5) is 12.6. The predicted octanol–water partition coefficient (Wildman–Crippen LogP) is 3.61. The Morgan fingerprint density at radius 1 is 1.16 bits per heavy atom. The topological polar surface area (TPSA) is 145 Å². The maximum atomic E-state index is 13.1. The summed E-state index contributed by atoms with van der Waals surface area (Å²) in [5.41, 5.74) is 1.29.